The average Bonchev–Trinajstić information content (AvgIpc) is 3.60. The second-order valence-electron chi connectivity index (χ2n) is 7.93. The number of aryl methyl sites for hydroxylation is 1. The van der Waals surface area contributed by atoms with Crippen LogP contribution >= 0.6 is 11.3 Å². The van der Waals surface area contributed by atoms with Crippen molar-refractivity contribution in [2.75, 3.05) is 11.4 Å². The topological polar surface area (TPSA) is 91.7 Å². The number of nitrogens with zero attached hydrogens (tertiary/aromatic N) is 1. The highest BCUT2D eigenvalue weighted by atomic mass is 32.1. The lowest BCUT2D eigenvalue weighted by Gasteiger charge is -2.32. The Morgan fingerprint density at radius 2 is 1.75 bits per heavy atom. The quantitative estimate of drug-likeness (QED) is 0.348. The van der Waals surface area contributed by atoms with E-state index in [-0.39, 0.29) is 18.7 Å². The van der Waals surface area contributed by atoms with E-state index < -0.39 is 29.6 Å². The molecule has 3 amide bonds. The van der Waals surface area contributed by atoms with Crippen LogP contribution in [0.2, 0.25) is 0 Å². The summed E-state index contributed by atoms with van der Waals surface area (Å²) in [5, 5.41) is 7.11. The zero-order valence-electron chi connectivity index (χ0n) is 19.4. The van der Waals surface area contributed by atoms with E-state index in [0.717, 1.165) is 0 Å². The molecule has 2 aromatic carbocycles. The molecular weight excluding hydrogens is 481 g/mol. The lowest BCUT2D eigenvalue weighted by atomic mass is 10.0. The van der Waals surface area contributed by atoms with Crippen molar-refractivity contribution in [2.24, 2.45) is 0 Å². The second kappa shape index (κ2) is 11.5. The maximum absolute atomic E-state index is 15.0. The van der Waals surface area contributed by atoms with Gasteiger partial charge in [0.15, 0.2) is 0 Å². The van der Waals surface area contributed by atoms with Crippen molar-refractivity contribution >= 4 is 34.7 Å². The van der Waals surface area contributed by atoms with Crippen LogP contribution in [-0.4, -0.2) is 24.3 Å². The fraction of sp³-hybridized carbons (Fsp3) is 0.148. The Balaban J connectivity index is 1.70. The Morgan fingerprint density at radius 1 is 0.972 bits per heavy atom. The van der Waals surface area contributed by atoms with E-state index in [1.54, 1.807) is 66.9 Å². The molecule has 0 spiro atoms. The minimum Gasteiger partial charge on any atom is -0.467 e. The molecule has 0 aliphatic carbocycles. The predicted octanol–water partition coefficient (Wildman–Crippen LogP) is 4.61. The Morgan fingerprint density at radius 3 is 2.44 bits per heavy atom. The van der Waals surface area contributed by atoms with Gasteiger partial charge in [0.25, 0.3) is 5.91 Å². The molecule has 184 valence electrons. The maximum atomic E-state index is 15.0. The first kappa shape index (κ1) is 24.9. The van der Waals surface area contributed by atoms with Crippen LogP contribution in [0.1, 0.15) is 32.6 Å². The van der Waals surface area contributed by atoms with Crippen LogP contribution in [-0.2, 0) is 16.1 Å². The van der Waals surface area contributed by atoms with Crippen molar-refractivity contribution in [3.8, 4) is 0 Å². The van der Waals surface area contributed by atoms with Crippen molar-refractivity contribution in [3.63, 3.8) is 0 Å². The number of carbonyl (C=O) groups excluding carboxylic acids is 3. The standard InChI is InChI=1S/C27H24FN3O4S/c1-18-8-2-5-12-22(18)31(24(32)17-30-26(33)23-13-7-15-36-23)25(20-10-3-4-11-21(20)28)27(34)29-16-19-9-6-14-35-19/h2-15,25H,16-17H2,1H3,(H,29,34)(H,30,33)/t25-/m0/s1. The summed E-state index contributed by atoms with van der Waals surface area (Å²) in [7, 11) is 0. The normalized spacial score (nSPS) is 11.5. The summed E-state index contributed by atoms with van der Waals surface area (Å²) in [4.78, 5) is 41.3. The highest BCUT2D eigenvalue weighted by molar-refractivity contribution is 7.12. The van der Waals surface area contributed by atoms with Gasteiger partial charge in [-0.2, -0.15) is 0 Å². The molecule has 4 aromatic rings. The molecular formula is C27H24FN3O4S. The first-order valence-electron chi connectivity index (χ1n) is 11.2. The lowest BCUT2D eigenvalue weighted by Crippen LogP contribution is -2.48. The van der Waals surface area contributed by atoms with Gasteiger partial charge in [-0.1, -0.05) is 42.5 Å². The second-order valence-corrected chi connectivity index (χ2v) is 8.88. The summed E-state index contributed by atoms with van der Waals surface area (Å²) in [6, 6.07) is 18.2. The number of carbonyl (C=O) groups is 3. The van der Waals surface area contributed by atoms with Gasteiger partial charge in [0.05, 0.1) is 24.2 Å². The molecule has 2 N–H and O–H groups in total. The van der Waals surface area contributed by atoms with Crippen LogP contribution in [0.25, 0.3) is 0 Å². The predicted molar refractivity (Wildman–Crippen MR) is 135 cm³/mol. The first-order valence-corrected chi connectivity index (χ1v) is 12.1. The zero-order valence-corrected chi connectivity index (χ0v) is 20.3. The minimum absolute atomic E-state index is 0.0237. The monoisotopic (exact) mass is 505 g/mol. The van der Waals surface area contributed by atoms with Crippen molar-refractivity contribution < 1.29 is 23.2 Å². The van der Waals surface area contributed by atoms with Crippen molar-refractivity contribution in [1.82, 2.24) is 10.6 Å². The molecule has 9 heteroatoms. The molecule has 0 radical (unpaired) electrons. The average molecular weight is 506 g/mol. The molecule has 4 rings (SSSR count). The largest absolute Gasteiger partial charge is 0.467 e. The van der Waals surface area contributed by atoms with Gasteiger partial charge in [0, 0.05) is 11.3 Å². The third-order valence-electron chi connectivity index (χ3n) is 5.51. The molecule has 0 fully saturated rings. The molecule has 0 bridgehead atoms. The van der Waals surface area contributed by atoms with E-state index in [2.05, 4.69) is 10.6 Å². The Bertz CT molecular complexity index is 1340. The van der Waals surface area contributed by atoms with Crippen LogP contribution in [0.4, 0.5) is 10.1 Å². The molecule has 1 atom stereocenters. The molecule has 0 aliphatic rings. The van der Waals surface area contributed by atoms with E-state index in [9.17, 15) is 14.4 Å². The highest BCUT2D eigenvalue weighted by Crippen LogP contribution is 2.31. The molecule has 7 nitrogen and oxygen atoms in total. The van der Waals surface area contributed by atoms with Crippen LogP contribution < -0.4 is 15.5 Å². The van der Waals surface area contributed by atoms with Gasteiger partial charge in [-0.05, 0) is 48.2 Å². The third kappa shape index (κ3) is 5.69. The number of benzene rings is 2. The van der Waals surface area contributed by atoms with Gasteiger partial charge in [-0.25, -0.2) is 4.39 Å². The Labute approximate surface area is 211 Å². The summed E-state index contributed by atoms with van der Waals surface area (Å²) in [5.41, 5.74) is 1.15. The van der Waals surface area contributed by atoms with Crippen LogP contribution in [0.3, 0.4) is 0 Å². The van der Waals surface area contributed by atoms with E-state index in [0.29, 0.717) is 21.9 Å². The summed E-state index contributed by atoms with van der Waals surface area (Å²) in [5.74, 6) is -1.71. The first-order chi connectivity index (χ1) is 17.5. The van der Waals surface area contributed by atoms with Gasteiger partial charge in [-0.3, -0.25) is 19.3 Å². The number of halogens is 1. The van der Waals surface area contributed by atoms with Crippen molar-refractivity contribution in [2.45, 2.75) is 19.5 Å². The van der Waals surface area contributed by atoms with Gasteiger partial charge >= 0.3 is 0 Å². The fourth-order valence-electron chi connectivity index (χ4n) is 3.77. The number of hydrogen-bond acceptors (Lipinski definition) is 5. The van der Waals surface area contributed by atoms with Crippen molar-refractivity contribution in [1.29, 1.82) is 0 Å². The van der Waals surface area contributed by atoms with E-state index in [4.69, 9.17) is 4.42 Å². The molecule has 0 saturated carbocycles. The Kier molecular flexibility index (Phi) is 7.92. The van der Waals surface area contributed by atoms with Crippen LogP contribution in [0.15, 0.2) is 88.9 Å². The van der Waals surface area contributed by atoms with Gasteiger partial charge in [-0.15, -0.1) is 11.3 Å². The van der Waals surface area contributed by atoms with E-state index in [1.165, 1.54) is 40.7 Å². The SMILES string of the molecule is Cc1ccccc1N(C(=O)CNC(=O)c1cccs1)[C@H](C(=O)NCc1ccco1)c1ccccc1F. The summed E-state index contributed by atoms with van der Waals surface area (Å²) >= 11 is 1.25. The molecule has 0 aliphatic heterocycles. The lowest BCUT2D eigenvalue weighted by molar-refractivity contribution is -0.126. The smallest absolute Gasteiger partial charge is 0.261 e. The fourth-order valence-corrected chi connectivity index (χ4v) is 4.41. The number of amides is 3. The molecule has 0 saturated heterocycles. The number of anilines is 1. The van der Waals surface area contributed by atoms with Gasteiger partial charge in [0.2, 0.25) is 11.8 Å². The number of rotatable bonds is 9. The molecule has 0 unspecified atom stereocenters. The number of nitrogens with one attached hydrogen (secondary N) is 2. The maximum Gasteiger partial charge on any atom is 0.261 e. The minimum atomic E-state index is -1.34. The number of hydrogen-bond donors (Lipinski definition) is 2. The zero-order chi connectivity index (χ0) is 25.5. The highest BCUT2D eigenvalue weighted by Gasteiger charge is 2.35. The summed E-state index contributed by atoms with van der Waals surface area (Å²) < 4.78 is 20.3. The number of para-hydroxylation sites is 1. The molecule has 2 heterocycles. The van der Waals surface area contributed by atoms with Crippen LogP contribution in [0.5, 0.6) is 0 Å². The number of thiophene rings is 1. The number of furan rings is 1. The Hall–Kier alpha value is -4.24. The molecule has 36 heavy (non-hydrogen) atoms. The van der Waals surface area contributed by atoms with E-state index in [1.807, 2.05) is 0 Å². The molecule has 2 aromatic heterocycles. The van der Waals surface area contributed by atoms with Crippen molar-refractivity contribution in [3.05, 3.63) is 112 Å². The van der Waals surface area contributed by atoms with Crippen LogP contribution in [0, 0.1) is 12.7 Å². The van der Waals surface area contributed by atoms with E-state index >= 15 is 4.39 Å². The summed E-state index contributed by atoms with van der Waals surface area (Å²) in [6.45, 7) is 1.46. The third-order valence-corrected chi connectivity index (χ3v) is 6.38. The summed E-state index contributed by atoms with van der Waals surface area (Å²) in [6.07, 6.45) is 1.48. The van der Waals surface area contributed by atoms with Gasteiger partial charge < -0.3 is 15.1 Å². The van der Waals surface area contributed by atoms with Gasteiger partial charge in [0.1, 0.15) is 17.6 Å².